The van der Waals surface area contributed by atoms with Gasteiger partial charge in [0.2, 0.25) is 17.7 Å². The molecule has 2 amide bonds. The third-order valence-corrected chi connectivity index (χ3v) is 6.55. The molecule has 1 saturated heterocycles. The Bertz CT molecular complexity index is 945. The summed E-state index contributed by atoms with van der Waals surface area (Å²) in [7, 11) is 0. The maximum Gasteiger partial charge on any atom is 0.227 e. The highest BCUT2D eigenvalue weighted by molar-refractivity contribution is 5.93. The number of amides is 2. The first-order chi connectivity index (χ1) is 16.1. The summed E-state index contributed by atoms with van der Waals surface area (Å²) < 4.78 is 5.47. The molecule has 2 fully saturated rings. The zero-order valence-electron chi connectivity index (χ0n) is 19.4. The Labute approximate surface area is 194 Å². The molecule has 0 bridgehead atoms. The maximum atomic E-state index is 12.7. The summed E-state index contributed by atoms with van der Waals surface area (Å²) in [6.07, 6.45) is 11.7. The van der Waals surface area contributed by atoms with Gasteiger partial charge in [-0.05, 0) is 44.2 Å². The fraction of sp³-hybridized carbons (Fsp3) is 0.625. The number of aromatic nitrogens is 3. The highest BCUT2D eigenvalue weighted by Crippen LogP contribution is 2.34. The van der Waals surface area contributed by atoms with Gasteiger partial charge in [0.25, 0.3) is 0 Å². The van der Waals surface area contributed by atoms with E-state index in [0.29, 0.717) is 18.1 Å². The van der Waals surface area contributed by atoms with Crippen LogP contribution in [0.4, 0.5) is 11.5 Å². The van der Waals surface area contributed by atoms with Crippen molar-refractivity contribution in [3.8, 4) is 0 Å². The molecule has 1 aliphatic carbocycles. The number of rotatable bonds is 7. The van der Waals surface area contributed by atoms with Gasteiger partial charge in [0.05, 0.1) is 5.69 Å². The van der Waals surface area contributed by atoms with Gasteiger partial charge < -0.3 is 20.1 Å². The Morgan fingerprint density at radius 1 is 1.09 bits per heavy atom. The van der Waals surface area contributed by atoms with Crippen molar-refractivity contribution in [3.63, 3.8) is 0 Å². The number of nitrogens with zero attached hydrogens (tertiary/aromatic N) is 4. The lowest BCUT2D eigenvalue weighted by molar-refractivity contribution is -0.121. The van der Waals surface area contributed by atoms with Gasteiger partial charge in [-0.1, -0.05) is 30.8 Å². The highest BCUT2D eigenvalue weighted by atomic mass is 16.5. The molecule has 1 saturated carbocycles. The van der Waals surface area contributed by atoms with Crippen LogP contribution in [0, 0.1) is 0 Å². The Kier molecular flexibility index (Phi) is 7.57. The zero-order chi connectivity index (χ0) is 23.1. The third-order valence-electron chi connectivity index (χ3n) is 6.55. The number of carbonyl (C=O) groups is 2. The van der Waals surface area contributed by atoms with Crippen molar-refractivity contribution < 1.29 is 14.1 Å². The van der Waals surface area contributed by atoms with Gasteiger partial charge >= 0.3 is 0 Å². The molecule has 178 valence electrons. The lowest BCUT2D eigenvalue weighted by atomic mass is 9.89. The smallest absolute Gasteiger partial charge is 0.227 e. The maximum absolute atomic E-state index is 12.7. The fourth-order valence-electron chi connectivity index (χ4n) is 4.91. The summed E-state index contributed by atoms with van der Waals surface area (Å²) in [5, 5.41) is 10.3. The van der Waals surface area contributed by atoms with Crippen LogP contribution >= 0.6 is 0 Å². The molecule has 3 heterocycles. The van der Waals surface area contributed by atoms with Crippen LogP contribution in [0.5, 0.6) is 0 Å². The molecule has 0 spiro atoms. The van der Waals surface area contributed by atoms with Gasteiger partial charge in [-0.25, -0.2) is 4.98 Å². The lowest BCUT2D eigenvalue weighted by Gasteiger charge is -2.30. The van der Waals surface area contributed by atoms with Crippen LogP contribution in [0.15, 0.2) is 22.9 Å². The predicted octanol–water partition coefficient (Wildman–Crippen LogP) is 3.71. The van der Waals surface area contributed by atoms with Crippen molar-refractivity contribution in [2.45, 2.75) is 83.1 Å². The van der Waals surface area contributed by atoms with Crippen LogP contribution in [-0.4, -0.2) is 40.0 Å². The van der Waals surface area contributed by atoms with Gasteiger partial charge in [0.1, 0.15) is 5.54 Å². The quantitative estimate of drug-likeness (QED) is 0.613. The number of pyridine rings is 1. The molecule has 2 aromatic heterocycles. The molecule has 33 heavy (non-hydrogen) atoms. The van der Waals surface area contributed by atoms with E-state index < -0.39 is 5.54 Å². The van der Waals surface area contributed by atoms with Gasteiger partial charge in [-0.15, -0.1) is 0 Å². The first kappa shape index (κ1) is 23.2. The summed E-state index contributed by atoms with van der Waals surface area (Å²) in [6, 6.07) is 3.73. The Balaban J connectivity index is 1.38. The molecule has 2 aliphatic rings. The standard InChI is InChI=1S/C24H34N6O3/c1-18(31)28-24(13-5-2-3-6-14-24)23-27-21(33-29-23)12-11-20(32)26-19-10-9-15-25-22(19)30-16-7-4-8-17-30/h9-10,15H,2-8,11-14,16-17H2,1H3,(H,26,32)(H,28,31). The highest BCUT2D eigenvalue weighted by Gasteiger charge is 2.38. The number of aryl methyl sites for hydroxylation is 1. The minimum atomic E-state index is -0.578. The van der Waals surface area contributed by atoms with E-state index in [0.717, 1.165) is 76.0 Å². The largest absolute Gasteiger partial charge is 0.355 e. The third kappa shape index (κ3) is 5.89. The second kappa shape index (κ2) is 10.8. The van der Waals surface area contributed by atoms with Crippen LogP contribution in [0.3, 0.4) is 0 Å². The van der Waals surface area contributed by atoms with E-state index in [1.807, 2.05) is 12.1 Å². The van der Waals surface area contributed by atoms with E-state index in [4.69, 9.17) is 4.52 Å². The number of hydrogen-bond acceptors (Lipinski definition) is 7. The van der Waals surface area contributed by atoms with Crippen LogP contribution in [0.1, 0.15) is 82.8 Å². The number of carbonyl (C=O) groups excluding carboxylic acids is 2. The van der Waals surface area contributed by atoms with Gasteiger partial charge in [-0.3, -0.25) is 9.59 Å². The van der Waals surface area contributed by atoms with Crippen molar-refractivity contribution in [2.24, 2.45) is 0 Å². The Morgan fingerprint density at radius 3 is 2.55 bits per heavy atom. The van der Waals surface area contributed by atoms with Crippen LogP contribution < -0.4 is 15.5 Å². The van der Waals surface area contributed by atoms with Gasteiger partial charge in [0, 0.05) is 39.1 Å². The van der Waals surface area contributed by atoms with Crippen molar-refractivity contribution in [2.75, 3.05) is 23.3 Å². The number of anilines is 2. The lowest BCUT2D eigenvalue weighted by Crippen LogP contribution is -2.45. The van der Waals surface area contributed by atoms with E-state index in [1.54, 1.807) is 6.20 Å². The van der Waals surface area contributed by atoms with E-state index in [1.165, 1.54) is 13.3 Å². The van der Waals surface area contributed by atoms with Crippen molar-refractivity contribution in [1.82, 2.24) is 20.4 Å². The number of nitrogens with one attached hydrogen (secondary N) is 2. The van der Waals surface area contributed by atoms with E-state index in [-0.39, 0.29) is 18.2 Å². The molecule has 0 aromatic carbocycles. The van der Waals surface area contributed by atoms with Crippen molar-refractivity contribution >= 4 is 23.3 Å². The Hall–Kier alpha value is -2.97. The van der Waals surface area contributed by atoms with E-state index in [2.05, 4.69) is 30.7 Å². The second-order valence-corrected chi connectivity index (χ2v) is 9.16. The molecule has 9 nitrogen and oxygen atoms in total. The SMILES string of the molecule is CC(=O)NC1(c2noc(CCC(=O)Nc3cccnc3N3CCCCC3)n2)CCCCCC1. The first-order valence-corrected chi connectivity index (χ1v) is 12.2. The van der Waals surface area contributed by atoms with Crippen LogP contribution in [0.2, 0.25) is 0 Å². The summed E-state index contributed by atoms with van der Waals surface area (Å²) in [5.41, 5.74) is 0.157. The summed E-state index contributed by atoms with van der Waals surface area (Å²) in [4.78, 5) is 35.9. The molecule has 4 rings (SSSR count). The summed E-state index contributed by atoms with van der Waals surface area (Å²) in [6.45, 7) is 3.44. The molecule has 0 radical (unpaired) electrons. The van der Waals surface area contributed by atoms with Crippen LogP contribution in [-0.2, 0) is 21.5 Å². The minimum absolute atomic E-state index is 0.0939. The monoisotopic (exact) mass is 454 g/mol. The topological polar surface area (TPSA) is 113 Å². The molecule has 2 aromatic rings. The Morgan fingerprint density at radius 2 is 1.82 bits per heavy atom. The zero-order valence-corrected chi connectivity index (χ0v) is 19.4. The summed E-state index contributed by atoms with van der Waals surface area (Å²) in [5.74, 6) is 1.55. The average molecular weight is 455 g/mol. The second-order valence-electron chi connectivity index (χ2n) is 9.16. The van der Waals surface area contributed by atoms with Crippen molar-refractivity contribution in [1.29, 1.82) is 0 Å². The molecule has 1 aliphatic heterocycles. The van der Waals surface area contributed by atoms with Gasteiger partial charge in [-0.2, -0.15) is 4.98 Å². The van der Waals surface area contributed by atoms with Gasteiger partial charge in [0.15, 0.2) is 11.6 Å². The molecule has 0 atom stereocenters. The van der Waals surface area contributed by atoms with E-state index >= 15 is 0 Å². The molecule has 9 heteroatoms. The number of piperidine rings is 1. The molecule has 0 unspecified atom stereocenters. The normalized spacial score (nSPS) is 18.4. The number of hydrogen-bond donors (Lipinski definition) is 2. The minimum Gasteiger partial charge on any atom is -0.355 e. The molecule has 2 N–H and O–H groups in total. The van der Waals surface area contributed by atoms with Crippen LogP contribution in [0.25, 0.3) is 0 Å². The fourth-order valence-corrected chi connectivity index (χ4v) is 4.91. The predicted molar refractivity (Wildman–Crippen MR) is 125 cm³/mol. The molecular weight excluding hydrogens is 420 g/mol. The van der Waals surface area contributed by atoms with E-state index in [9.17, 15) is 9.59 Å². The average Bonchev–Trinajstić information content (AvgIpc) is 3.18. The summed E-state index contributed by atoms with van der Waals surface area (Å²) >= 11 is 0. The van der Waals surface area contributed by atoms with Crippen molar-refractivity contribution in [3.05, 3.63) is 30.0 Å². The molecular formula is C24H34N6O3. The first-order valence-electron chi connectivity index (χ1n) is 12.2.